The Kier molecular flexibility index (Phi) is 5.81. The van der Waals surface area contributed by atoms with Crippen LogP contribution in [0.5, 0.6) is 0 Å². The summed E-state index contributed by atoms with van der Waals surface area (Å²) < 4.78 is 11.4. The second kappa shape index (κ2) is 6.79. The summed E-state index contributed by atoms with van der Waals surface area (Å²) in [4.78, 5) is 13.8. The Morgan fingerprint density at radius 1 is 1.48 bits per heavy atom. The van der Waals surface area contributed by atoms with E-state index in [0.717, 1.165) is 12.0 Å². The first-order valence-corrected chi connectivity index (χ1v) is 10.3. The third kappa shape index (κ3) is 4.71. The molecular formula is C16H29NO3Si. The largest absolute Gasteiger partial charge is 0.445 e. The van der Waals surface area contributed by atoms with Crippen molar-refractivity contribution in [3.63, 3.8) is 0 Å². The number of carbonyl (C=O) groups excluding carboxylic acids is 1. The Morgan fingerprint density at radius 2 is 2.10 bits per heavy atom. The highest BCUT2D eigenvalue weighted by Gasteiger charge is 2.39. The Hall–Kier alpha value is -1.07. The molecule has 1 saturated heterocycles. The fourth-order valence-corrected chi connectivity index (χ4v) is 3.02. The van der Waals surface area contributed by atoms with Gasteiger partial charge in [-0.2, -0.15) is 0 Å². The second-order valence-corrected chi connectivity index (χ2v) is 12.0. The second-order valence-electron chi connectivity index (χ2n) is 7.17. The lowest BCUT2D eigenvalue weighted by Gasteiger charge is -2.37. The molecular weight excluding hydrogens is 282 g/mol. The van der Waals surface area contributed by atoms with Crippen LogP contribution in [0, 0.1) is 0 Å². The van der Waals surface area contributed by atoms with E-state index in [0.29, 0.717) is 13.2 Å². The molecule has 1 heterocycles. The first-order valence-electron chi connectivity index (χ1n) is 7.43. The number of carbonyl (C=O) groups is 1. The summed E-state index contributed by atoms with van der Waals surface area (Å²) in [5.74, 6) is 0. The molecule has 1 unspecified atom stereocenters. The van der Waals surface area contributed by atoms with Crippen molar-refractivity contribution in [2.24, 2.45) is 0 Å². The summed E-state index contributed by atoms with van der Waals surface area (Å²) >= 11 is 0. The number of rotatable bonds is 5. The molecule has 4 nitrogen and oxygen atoms in total. The number of ether oxygens (including phenoxy) is 1. The van der Waals surface area contributed by atoms with Crippen molar-refractivity contribution in [1.82, 2.24) is 4.90 Å². The van der Waals surface area contributed by atoms with E-state index in [4.69, 9.17) is 9.16 Å². The maximum absolute atomic E-state index is 12.1. The zero-order chi connectivity index (χ0) is 16.3. The van der Waals surface area contributed by atoms with Crippen molar-refractivity contribution in [3.05, 3.63) is 24.8 Å². The summed E-state index contributed by atoms with van der Waals surface area (Å²) in [6, 6.07) is 0.0314. The standard InChI is InChI=1S/C16H29NO3Si/c1-8-9-19-15(18)17-11-13(2)10-14(17)12-20-21(6,7)16(3,4)5/h8,14H,1-2,9-12H2,3-7H3. The fourth-order valence-electron chi connectivity index (χ4n) is 1.97. The molecule has 0 aliphatic carbocycles. The maximum Gasteiger partial charge on any atom is 0.410 e. The van der Waals surface area contributed by atoms with Gasteiger partial charge in [0.1, 0.15) is 6.61 Å². The number of nitrogens with zero attached hydrogens (tertiary/aromatic N) is 1. The molecule has 21 heavy (non-hydrogen) atoms. The first-order chi connectivity index (χ1) is 9.58. The van der Waals surface area contributed by atoms with Gasteiger partial charge in [0.15, 0.2) is 8.32 Å². The predicted octanol–water partition coefficient (Wildman–Crippen LogP) is 3.96. The minimum absolute atomic E-state index is 0.0314. The van der Waals surface area contributed by atoms with Gasteiger partial charge in [-0.25, -0.2) is 4.79 Å². The van der Waals surface area contributed by atoms with Crippen LogP contribution in [0.2, 0.25) is 18.1 Å². The lowest BCUT2D eigenvalue weighted by atomic mass is 10.2. The molecule has 1 fully saturated rings. The van der Waals surface area contributed by atoms with Gasteiger partial charge < -0.3 is 9.16 Å². The van der Waals surface area contributed by atoms with E-state index < -0.39 is 8.32 Å². The van der Waals surface area contributed by atoms with Crippen LogP contribution < -0.4 is 0 Å². The smallest absolute Gasteiger partial charge is 0.410 e. The Morgan fingerprint density at radius 3 is 2.62 bits per heavy atom. The van der Waals surface area contributed by atoms with Gasteiger partial charge in [0.2, 0.25) is 0 Å². The van der Waals surface area contributed by atoms with Crippen molar-refractivity contribution in [3.8, 4) is 0 Å². The summed E-state index contributed by atoms with van der Waals surface area (Å²) in [5.41, 5.74) is 1.05. The Balaban J connectivity index is 2.65. The van der Waals surface area contributed by atoms with Gasteiger partial charge in [-0.3, -0.25) is 4.90 Å². The summed E-state index contributed by atoms with van der Waals surface area (Å²) in [6.07, 6.45) is 2.05. The van der Waals surface area contributed by atoms with E-state index >= 15 is 0 Å². The lowest BCUT2D eigenvalue weighted by Crippen LogP contribution is -2.46. The van der Waals surface area contributed by atoms with Crippen molar-refractivity contribution in [2.45, 2.75) is 51.4 Å². The lowest BCUT2D eigenvalue weighted by molar-refractivity contribution is 0.0943. The van der Waals surface area contributed by atoms with Crippen LogP contribution in [0.3, 0.4) is 0 Å². The summed E-state index contributed by atoms with van der Waals surface area (Å²) in [5, 5.41) is 0.163. The van der Waals surface area contributed by atoms with Gasteiger partial charge in [-0.1, -0.05) is 45.6 Å². The molecule has 1 aliphatic rings. The summed E-state index contributed by atoms with van der Waals surface area (Å²) in [7, 11) is -1.81. The number of hydrogen-bond donors (Lipinski definition) is 0. The van der Waals surface area contributed by atoms with Crippen LogP contribution >= 0.6 is 0 Å². The minimum Gasteiger partial charge on any atom is -0.445 e. The normalized spacial score (nSPS) is 19.8. The fraction of sp³-hybridized carbons (Fsp3) is 0.688. The molecule has 0 bridgehead atoms. The highest BCUT2D eigenvalue weighted by molar-refractivity contribution is 6.74. The zero-order valence-corrected chi connectivity index (χ0v) is 15.1. The van der Waals surface area contributed by atoms with Crippen molar-refractivity contribution in [1.29, 1.82) is 0 Å². The van der Waals surface area contributed by atoms with Gasteiger partial charge in [0.05, 0.1) is 12.6 Å². The Bertz CT molecular complexity index is 412. The molecule has 0 aromatic rings. The van der Waals surface area contributed by atoms with Gasteiger partial charge in [-0.15, -0.1) is 0 Å². The molecule has 0 N–H and O–H groups in total. The monoisotopic (exact) mass is 311 g/mol. The molecule has 120 valence electrons. The summed E-state index contributed by atoms with van der Waals surface area (Å²) in [6.45, 7) is 20.0. The van der Waals surface area contributed by atoms with Gasteiger partial charge in [-0.05, 0) is 24.6 Å². The maximum atomic E-state index is 12.1. The van der Waals surface area contributed by atoms with Crippen LogP contribution in [0.15, 0.2) is 24.8 Å². The molecule has 0 aromatic carbocycles. The van der Waals surface area contributed by atoms with E-state index in [2.05, 4.69) is 47.0 Å². The molecule has 0 radical (unpaired) electrons. The number of hydrogen-bond acceptors (Lipinski definition) is 3. The van der Waals surface area contributed by atoms with E-state index in [1.807, 2.05) is 0 Å². The Labute approximate surface area is 129 Å². The third-order valence-corrected chi connectivity index (χ3v) is 8.86. The molecule has 0 aromatic heterocycles. The van der Waals surface area contributed by atoms with Gasteiger partial charge >= 0.3 is 6.09 Å². The number of likely N-dealkylation sites (tertiary alicyclic amines) is 1. The highest BCUT2D eigenvalue weighted by Crippen LogP contribution is 2.37. The predicted molar refractivity (Wildman–Crippen MR) is 88.9 cm³/mol. The topological polar surface area (TPSA) is 38.8 Å². The highest BCUT2D eigenvalue weighted by atomic mass is 28.4. The van der Waals surface area contributed by atoms with E-state index in [9.17, 15) is 4.79 Å². The van der Waals surface area contributed by atoms with Crippen molar-refractivity contribution in [2.75, 3.05) is 19.8 Å². The molecule has 1 amide bonds. The molecule has 1 aliphatic heterocycles. The van der Waals surface area contributed by atoms with Crippen LogP contribution in [0.25, 0.3) is 0 Å². The van der Waals surface area contributed by atoms with Crippen LogP contribution in [-0.4, -0.2) is 45.1 Å². The number of amides is 1. The van der Waals surface area contributed by atoms with Crippen LogP contribution in [-0.2, 0) is 9.16 Å². The molecule has 0 spiro atoms. The SMILES string of the molecule is C=CCOC(=O)N1CC(=C)CC1CO[Si](C)(C)C(C)(C)C. The van der Waals surface area contributed by atoms with Gasteiger partial charge in [0.25, 0.3) is 0 Å². The molecule has 0 saturated carbocycles. The first kappa shape index (κ1) is 18.0. The quantitative estimate of drug-likeness (QED) is 0.570. The average molecular weight is 311 g/mol. The van der Waals surface area contributed by atoms with E-state index in [1.54, 1.807) is 11.0 Å². The van der Waals surface area contributed by atoms with E-state index in [1.165, 1.54) is 0 Å². The third-order valence-electron chi connectivity index (χ3n) is 4.36. The van der Waals surface area contributed by atoms with E-state index in [-0.39, 0.29) is 23.8 Å². The minimum atomic E-state index is -1.81. The van der Waals surface area contributed by atoms with Crippen LogP contribution in [0.1, 0.15) is 27.2 Å². The zero-order valence-electron chi connectivity index (χ0n) is 14.1. The van der Waals surface area contributed by atoms with Gasteiger partial charge in [0, 0.05) is 6.54 Å². The molecule has 5 heteroatoms. The average Bonchev–Trinajstić information content (AvgIpc) is 2.73. The molecule has 1 atom stereocenters. The van der Waals surface area contributed by atoms with Crippen LogP contribution in [0.4, 0.5) is 4.79 Å². The molecule has 1 rings (SSSR count). The van der Waals surface area contributed by atoms with Crippen molar-refractivity contribution >= 4 is 14.4 Å². The van der Waals surface area contributed by atoms with Crippen molar-refractivity contribution < 1.29 is 14.0 Å².